The number of aryl methyl sites for hydroxylation is 2. The van der Waals surface area contributed by atoms with Crippen molar-refractivity contribution in [2.45, 2.75) is 33.1 Å². The second-order valence-electron chi connectivity index (χ2n) is 4.90. The molecule has 0 saturated carbocycles. The van der Waals surface area contributed by atoms with E-state index in [1.807, 2.05) is 0 Å². The molecule has 1 saturated heterocycles. The number of rotatable bonds is 6. The molecule has 0 aromatic carbocycles. The van der Waals surface area contributed by atoms with Crippen LogP contribution >= 0.6 is 11.3 Å². The summed E-state index contributed by atoms with van der Waals surface area (Å²) in [5.74, 6) is 0.721. The van der Waals surface area contributed by atoms with E-state index in [9.17, 15) is 4.79 Å². The molecule has 0 bridgehead atoms. The number of thiophene rings is 1. The van der Waals surface area contributed by atoms with E-state index in [1.165, 1.54) is 10.4 Å². The number of hydrogen-bond donors (Lipinski definition) is 2. The molecule has 1 amide bonds. The Labute approximate surface area is 113 Å². The van der Waals surface area contributed by atoms with Gasteiger partial charge in [-0.15, -0.1) is 11.3 Å². The molecule has 3 nitrogen and oxygen atoms in total. The highest BCUT2D eigenvalue weighted by Gasteiger charge is 2.19. The molecule has 0 aliphatic carbocycles. The van der Waals surface area contributed by atoms with Gasteiger partial charge in [-0.25, -0.2) is 0 Å². The predicted octanol–water partition coefficient (Wildman–Crippen LogP) is 2.21. The third-order valence-corrected chi connectivity index (χ3v) is 4.63. The van der Waals surface area contributed by atoms with E-state index in [0.717, 1.165) is 43.8 Å². The van der Waals surface area contributed by atoms with Gasteiger partial charge in [-0.3, -0.25) is 4.79 Å². The van der Waals surface area contributed by atoms with E-state index in [4.69, 9.17) is 0 Å². The van der Waals surface area contributed by atoms with Crippen molar-refractivity contribution in [2.75, 3.05) is 19.6 Å². The molecule has 1 aromatic heterocycles. The fourth-order valence-corrected chi connectivity index (χ4v) is 3.41. The van der Waals surface area contributed by atoms with Crippen molar-refractivity contribution in [3.05, 3.63) is 21.4 Å². The fourth-order valence-electron chi connectivity index (χ4n) is 2.13. The number of hydrogen-bond acceptors (Lipinski definition) is 3. The summed E-state index contributed by atoms with van der Waals surface area (Å²) in [6.07, 6.45) is 3.25. The van der Waals surface area contributed by atoms with E-state index in [0.29, 0.717) is 5.92 Å². The molecule has 100 valence electrons. The van der Waals surface area contributed by atoms with Crippen molar-refractivity contribution in [1.82, 2.24) is 10.6 Å². The highest BCUT2D eigenvalue weighted by molar-refractivity contribution is 7.14. The monoisotopic (exact) mass is 266 g/mol. The van der Waals surface area contributed by atoms with Gasteiger partial charge in [0, 0.05) is 30.4 Å². The number of carbonyl (C=O) groups is 1. The van der Waals surface area contributed by atoms with Crippen LogP contribution in [0.2, 0.25) is 0 Å². The van der Waals surface area contributed by atoms with Crippen molar-refractivity contribution >= 4 is 17.2 Å². The molecule has 4 heteroatoms. The first-order valence-corrected chi connectivity index (χ1v) is 7.66. The van der Waals surface area contributed by atoms with Crippen LogP contribution in [-0.2, 0) is 12.8 Å². The van der Waals surface area contributed by atoms with Crippen LogP contribution in [0.4, 0.5) is 0 Å². The second kappa shape index (κ2) is 6.34. The first-order chi connectivity index (χ1) is 8.74. The lowest BCUT2D eigenvalue weighted by atomic mass is 10.0. The zero-order chi connectivity index (χ0) is 13.0. The predicted molar refractivity (Wildman–Crippen MR) is 76.4 cm³/mol. The molecule has 2 heterocycles. The number of carbonyl (C=O) groups excluding carboxylic acids is 1. The topological polar surface area (TPSA) is 41.1 Å². The Morgan fingerprint density at radius 3 is 2.83 bits per heavy atom. The Morgan fingerprint density at radius 2 is 2.28 bits per heavy atom. The molecule has 1 fully saturated rings. The van der Waals surface area contributed by atoms with E-state index < -0.39 is 0 Å². The summed E-state index contributed by atoms with van der Waals surface area (Å²) in [5.41, 5.74) is 1.34. The number of amides is 1. The summed E-state index contributed by atoms with van der Waals surface area (Å²) in [5, 5.41) is 6.25. The van der Waals surface area contributed by atoms with Crippen molar-refractivity contribution < 1.29 is 4.79 Å². The zero-order valence-electron chi connectivity index (χ0n) is 11.2. The highest BCUT2D eigenvalue weighted by atomic mass is 32.1. The van der Waals surface area contributed by atoms with Gasteiger partial charge in [-0.05, 0) is 24.5 Å². The van der Waals surface area contributed by atoms with Gasteiger partial charge in [0.1, 0.15) is 0 Å². The SMILES string of the molecule is CCCc1sc(C(=O)NCC2CNC2)cc1CC. The normalized spacial score (nSPS) is 15.4. The molecule has 1 aliphatic heterocycles. The minimum Gasteiger partial charge on any atom is -0.351 e. The fraction of sp³-hybridized carbons (Fsp3) is 0.643. The molecular formula is C14H22N2OS. The average molecular weight is 266 g/mol. The Bertz CT molecular complexity index is 410. The maximum atomic E-state index is 12.1. The molecule has 0 unspecified atom stereocenters. The molecule has 0 spiro atoms. The molecule has 2 rings (SSSR count). The Morgan fingerprint density at radius 1 is 1.50 bits per heavy atom. The van der Waals surface area contributed by atoms with E-state index in [2.05, 4.69) is 30.5 Å². The average Bonchev–Trinajstić information content (AvgIpc) is 2.70. The van der Waals surface area contributed by atoms with Crippen LogP contribution in [0.25, 0.3) is 0 Å². The lowest BCUT2D eigenvalue weighted by Gasteiger charge is -2.26. The van der Waals surface area contributed by atoms with Gasteiger partial charge in [0.25, 0.3) is 5.91 Å². The van der Waals surface area contributed by atoms with Crippen LogP contribution in [0.15, 0.2) is 6.07 Å². The summed E-state index contributed by atoms with van der Waals surface area (Å²) in [6, 6.07) is 2.07. The van der Waals surface area contributed by atoms with E-state index in [-0.39, 0.29) is 5.91 Å². The minimum atomic E-state index is 0.101. The van der Waals surface area contributed by atoms with Crippen molar-refractivity contribution in [2.24, 2.45) is 5.92 Å². The minimum absolute atomic E-state index is 0.101. The van der Waals surface area contributed by atoms with Gasteiger partial charge >= 0.3 is 0 Å². The highest BCUT2D eigenvalue weighted by Crippen LogP contribution is 2.24. The summed E-state index contributed by atoms with van der Waals surface area (Å²) < 4.78 is 0. The third kappa shape index (κ3) is 3.12. The molecule has 2 N–H and O–H groups in total. The van der Waals surface area contributed by atoms with Crippen LogP contribution in [0.3, 0.4) is 0 Å². The summed E-state index contributed by atoms with van der Waals surface area (Å²) in [7, 11) is 0. The smallest absolute Gasteiger partial charge is 0.261 e. The van der Waals surface area contributed by atoms with Crippen molar-refractivity contribution in [3.63, 3.8) is 0 Å². The van der Waals surface area contributed by atoms with Gasteiger partial charge < -0.3 is 10.6 Å². The second-order valence-corrected chi connectivity index (χ2v) is 6.03. The van der Waals surface area contributed by atoms with Gasteiger partial charge in [0.05, 0.1) is 4.88 Å². The quantitative estimate of drug-likeness (QED) is 0.829. The van der Waals surface area contributed by atoms with Gasteiger partial charge in [0.15, 0.2) is 0 Å². The maximum absolute atomic E-state index is 12.1. The Balaban J connectivity index is 1.95. The largest absolute Gasteiger partial charge is 0.351 e. The van der Waals surface area contributed by atoms with E-state index >= 15 is 0 Å². The summed E-state index contributed by atoms with van der Waals surface area (Å²) >= 11 is 1.67. The standard InChI is InChI=1S/C14H22N2OS/c1-3-5-12-11(4-2)6-13(18-12)14(17)16-9-10-7-15-8-10/h6,10,15H,3-5,7-9H2,1-2H3,(H,16,17). The van der Waals surface area contributed by atoms with Crippen LogP contribution in [0.5, 0.6) is 0 Å². The summed E-state index contributed by atoms with van der Waals surface area (Å²) in [4.78, 5) is 14.3. The first kappa shape index (κ1) is 13.6. The van der Waals surface area contributed by atoms with Crippen LogP contribution < -0.4 is 10.6 Å². The maximum Gasteiger partial charge on any atom is 0.261 e. The molecule has 0 atom stereocenters. The van der Waals surface area contributed by atoms with Crippen LogP contribution in [0.1, 0.15) is 40.4 Å². The van der Waals surface area contributed by atoms with Crippen molar-refractivity contribution in [1.29, 1.82) is 0 Å². The lowest BCUT2D eigenvalue weighted by molar-refractivity contribution is 0.0946. The van der Waals surface area contributed by atoms with E-state index in [1.54, 1.807) is 11.3 Å². The summed E-state index contributed by atoms with van der Waals surface area (Å²) in [6.45, 7) is 7.21. The van der Waals surface area contributed by atoms with Crippen molar-refractivity contribution in [3.8, 4) is 0 Å². The molecule has 1 aromatic rings. The molecule has 1 aliphatic rings. The Kier molecular flexibility index (Phi) is 4.78. The molecule has 0 radical (unpaired) electrons. The van der Waals surface area contributed by atoms with Gasteiger partial charge in [-0.1, -0.05) is 20.3 Å². The first-order valence-electron chi connectivity index (χ1n) is 6.85. The van der Waals surface area contributed by atoms with Gasteiger partial charge in [0.2, 0.25) is 0 Å². The van der Waals surface area contributed by atoms with Crippen LogP contribution in [0, 0.1) is 5.92 Å². The zero-order valence-corrected chi connectivity index (χ0v) is 12.0. The third-order valence-electron chi connectivity index (χ3n) is 3.40. The van der Waals surface area contributed by atoms with Gasteiger partial charge in [-0.2, -0.15) is 0 Å². The molecule has 18 heavy (non-hydrogen) atoms. The lowest BCUT2D eigenvalue weighted by Crippen LogP contribution is -2.48. The molecular weight excluding hydrogens is 244 g/mol. The Hall–Kier alpha value is -0.870. The number of nitrogens with one attached hydrogen (secondary N) is 2. The van der Waals surface area contributed by atoms with Crippen LogP contribution in [-0.4, -0.2) is 25.5 Å².